The molecule has 25 heavy (non-hydrogen) atoms. The van der Waals surface area contributed by atoms with Gasteiger partial charge in [-0.1, -0.05) is 18.2 Å². The maximum absolute atomic E-state index is 12.1. The van der Waals surface area contributed by atoms with E-state index in [2.05, 4.69) is 4.98 Å². The molecule has 3 rings (SSSR count). The molecule has 0 aliphatic rings. The molecule has 1 aromatic carbocycles. The number of benzene rings is 1. The number of fused-ring (bicyclic) bond motifs is 1. The van der Waals surface area contributed by atoms with Gasteiger partial charge in [-0.2, -0.15) is 0 Å². The molecule has 2 aromatic heterocycles. The van der Waals surface area contributed by atoms with Gasteiger partial charge in [0.1, 0.15) is 5.52 Å². The molecule has 8 nitrogen and oxygen atoms in total. The van der Waals surface area contributed by atoms with Gasteiger partial charge < -0.3 is 4.57 Å². The minimum absolute atomic E-state index is 0.0780. The zero-order valence-corrected chi connectivity index (χ0v) is 13.5. The molecule has 3 aromatic rings. The van der Waals surface area contributed by atoms with Crippen molar-refractivity contribution in [2.45, 2.75) is 0 Å². The fourth-order valence-corrected chi connectivity index (χ4v) is 2.51. The minimum Gasteiger partial charge on any atom is -0.303 e. The lowest BCUT2D eigenvalue weighted by molar-refractivity contribution is -0.383. The summed E-state index contributed by atoms with van der Waals surface area (Å²) in [6.07, 6.45) is 4.55. The second-order valence-corrected chi connectivity index (χ2v) is 5.52. The summed E-state index contributed by atoms with van der Waals surface area (Å²) >= 11 is 0. The van der Waals surface area contributed by atoms with E-state index >= 15 is 0 Å². The SMILES string of the molecule is Cn1cc(/C=C/c2ccc3cccc([N+](=O)[O-])c3n2)c(=O)n(C)c1=O. The van der Waals surface area contributed by atoms with Gasteiger partial charge in [0.25, 0.3) is 11.2 Å². The number of nitro groups is 1. The van der Waals surface area contributed by atoms with E-state index in [0.717, 1.165) is 4.57 Å². The lowest BCUT2D eigenvalue weighted by Crippen LogP contribution is -2.37. The van der Waals surface area contributed by atoms with E-state index in [1.54, 1.807) is 37.4 Å². The van der Waals surface area contributed by atoms with Gasteiger partial charge in [0, 0.05) is 31.7 Å². The van der Waals surface area contributed by atoms with Crippen molar-refractivity contribution in [1.82, 2.24) is 14.1 Å². The van der Waals surface area contributed by atoms with Crippen LogP contribution in [0.3, 0.4) is 0 Å². The zero-order chi connectivity index (χ0) is 18.1. The number of pyridine rings is 1. The summed E-state index contributed by atoms with van der Waals surface area (Å²) in [4.78, 5) is 38.7. The van der Waals surface area contributed by atoms with Crippen LogP contribution in [0.5, 0.6) is 0 Å². The molecule has 0 saturated carbocycles. The van der Waals surface area contributed by atoms with Crippen LogP contribution >= 0.6 is 0 Å². The van der Waals surface area contributed by atoms with Crippen LogP contribution in [0.15, 0.2) is 46.1 Å². The number of hydrogen-bond donors (Lipinski definition) is 0. The molecule has 0 aliphatic heterocycles. The van der Waals surface area contributed by atoms with Crippen LogP contribution in [0.1, 0.15) is 11.3 Å². The number of nitrogens with zero attached hydrogens (tertiary/aromatic N) is 4. The quantitative estimate of drug-likeness (QED) is 0.534. The monoisotopic (exact) mass is 338 g/mol. The molecule has 0 bridgehead atoms. The molecule has 0 unspecified atom stereocenters. The molecular weight excluding hydrogens is 324 g/mol. The van der Waals surface area contributed by atoms with Crippen molar-refractivity contribution in [3.8, 4) is 0 Å². The normalized spacial score (nSPS) is 11.3. The summed E-state index contributed by atoms with van der Waals surface area (Å²) in [7, 11) is 2.95. The third kappa shape index (κ3) is 2.97. The first-order valence-corrected chi connectivity index (χ1v) is 7.37. The average molecular weight is 338 g/mol. The van der Waals surface area contributed by atoms with Crippen LogP contribution in [0, 0.1) is 10.1 Å². The topological polar surface area (TPSA) is 100 Å². The standard InChI is InChI=1S/C17H14N4O4/c1-19-10-12(16(22)20(2)17(19)23)7-9-13-8-6-11-4-3-5-14(21(24)25)15(11)18-13/h3-10H,1-2H3/b9-7+. The van der Waals surface area contributed by atoms with Crippen molar-refractivity contribution in [2.24, 2.45) is 14.1 Å². The molecule has 126 valence electrons. The van der Waals surface area contributed by atoms with Crippen molar-refractivity contribution < 1.29 is 4.92 Å². The van der Waals surface area contributed by atoms with Crippen LogP contribution in [0.25, 0.3) is 23.1 Å². The van der Waals surface area contributed by atoms with Crippen LogP contribution in [0.2, 0.25) is 0 Å². The van der Waals surface area contributed by atoms with Crippen LogP contribution in [0.4, 0.5) is 5.69 Å². The summed E-state index contributed by atoms with van der Waals surface area (Å²) in [5.41, 5.74) is 0.147. The van der Waals surface area contributed by atoms with E-state index in [1.165, 1.54) is 30.0 Å². The maximum Gasteiger partial charge on any atom is 0.330 e. The van der Waals surface area contributed by atoms with E-state index in [0.29, 0.717) is 16.6 Å². The predicted octanol–water partition coefficient (Wildman–Crippen LogP) is 1.71. The lowest BCUT2D eigenvalue weighted by Gasteiger charge is -2.03. The summed E-state index contributed by atoms with van der Waals surface area (Å²) < 4.78 is 2.32. The molecule has 8 heteroatoms. The molecule has 0 saturated heterocycles. The first-order chi connectivity index (χ1) is 11.9. The van der Waals surface area contributed by atoms with Gasteiger partial charge in [0.15, 0.2) is 0 Å². The Hall–Kier alpha value is -3.55. The van der Waals surface area contributed by atoms with E-state index in [1.807, 2.05) is 0 Å². The van der Waals surface area contributed by atoms with Gasteiger partial charge in [0.2, 0.25) is 0 Å². The van der Waals surface area contributed by atoms with E-state index in [-0.39, 0.29) is 11.2 Å². The van der Waals surface area contributed by atoms with Gasteiger partial charge in [-0.25, -0.2) is 9.78 Å². The number of rotatable bonds is 3. The highest BCUT2D eigenvalue weighted by atomic mass is 16.6. The van der Waals surface area contributed by atoms with Gasteiger partial charge >= 0.3 is 5.69 Å². The second-order valence-electron chi connectivity index (χ2n) is 5.52. The minimum atomic E-state index is -0.481. The highest BCUT2D eigenvalue weighted by Crippen LogP contribution is 2.24. The summed E-state index contributed by atoms with van der Waals surface area (Å²) in [5, 5.41) is 11.8. The van der Waals surface area contributed by atoms with Gasteiger partial charge in [-0.05, 0) is 18.2 Å². The molecule has 2 heterocycles. The Bertz CT molecular complexity index is 1140. The third-order valence-corrected chi connectivity index (χ3v) is 3.82. The molecular formula is C17H14N4O4. The van der Waals surface area contributed by atoms with Gasteiger partial charge in [-0.15, -0.1) is 0 Å². The van der Waals surface area contributed by atoms with E-state index < -0.39 is 16.2 Å². The van der Waals surface area contributed by atoms with Crippen LogP contribution < -0.4 is 11.2 Å². The number of aryl methyl sites for hydroxylation is 1. The Balaban J connectivity index is 2.08. The Morgan fingerprint density at radius 3 is 2.60 bits per heavy atom. The Labute approximate surface area is 141 Å². The summed E-state index contributed by atoms with van der Waals surface area (Å²) in [6.45, 7) is 0. The molecule has 0 radical (unpaired) electrons. The number of para-hydroxylation sites is 1. The first kappa shape index (κ1) is 16.3. The third-order valence-electron chi connectivity index (χ3n) is 3.82. The number of aromatic nitrogens is 3. The highest BCUT2D eigenvalue weighted by molar-refractivity contribution is 5.88. The number of nitro benzene ring substituents is 1. The summed E-state index contributed by atoms with van der Waals surface area (Å²) in [5.74, 6) is 0. The van der Waals surface area contributed by atoms with Gasteiger partial charge in [0.05, 0.1) is 16.2 Å². The zero-order valence-electron chi connectivity index (χ0n) is 13.5. The van der Waals surface area contributed by atoms with Crippen LogP contribution in [-0.2, 0) is 14.1 Å². The Morgan fingerprint density at radius 2 is 1.88 bits per heavy atom. The second kappa shape index (κ2) is 6.16. The molecule has 0 N–H and O–H groups in total. The Kier molecular flexibility index (Phi) is 4.02. The predicted molar refractivity (Wildman–Crippen MR) is 94.2 cm³/mol. The maximum atomic E-state index is 12.1. The molecule has 0 aliphatic carbocycles. The number of hydrogen-bond acceptors (Lipinski definition) is 5. The lowest BCUT2D eigenvalue weighted by atomic mass is 10.1. The number of non-ortho nitro benzene ring substituents is 1. The van der Waals surface area contributed by atoms with Gasteiger partial charge in [-0.3, -0.25) is 19.5 Å². The van der Waals surface area contributed by atoms with Crippen LogP contribution in [-0.4, -0.2) is 19.0 Å². The molecule has 0 amide bonds. The molecule has 0 atom stereocenters. The van der Waals surface area contributed by atoms with Crippen molar-refractivity contribution in [3.63, 3.8) is 0 Å². The summed E-state index contributed by atoms with van der Waals surface area (Å²) in [6, 6.07) is 8.17. The first-order valence-electron chi connectivity index (χ1n) is 7.37. The fourth-order valence-electron chi connectivity index (χ4n) is 2.51. The molecule has 0 fully saturated rings. The Morgan fingerprint density at radius 1 is 1.12 bits per heavy atom. The fraction of sp³-hybridized carbons (Fsp3) is 0.118. The van der Waals surface area contributed by atoms with Crippen molar-refractivity contribution in [3.05, 3.63) is 78.7 Å². The smallest absolute Gasteiger partial charge is 0.303 e. The van der Waals surface area contributed by atoms with Crippen molar-refractivity contribution >= 4 is 28.7 Å². The van der Waals surface area contributed by atoms with Crippen molar-refractivity contribution in [2.75, 3.05) is 0 Å². The largest absolute Gasteiger partial charge is 0.330 e. The van der Waals surface area contributed by atoms with E-state index in [4.69, 9.17) is 0 Å². The van der Waals surface area contributed by atoms with E-state index in [9.17, 15) is 19.7 Å². The highest BCUT2D eigenvalue weighted by Gasteiger charge is 2.12. The van der Waals surface area contributed by atoms with Crippen molar-refractivity contribution in [1.29, 1.82) is 0 Å². The molecule has 0 spiro atoms. The average Bonchev–Trinajstić information content (AvgIpc) is 2.61.